The van der Waals surface area contributed by atoms with Crippen molar-refractivity contribution in [2.45, 2.75) is 18.7 Å². The lowest BCUT2D eigenvalue weighted by atomic mass is 10.1. The maximum absolute atomic E-state index is 3.63. The summed E-state index contributed by atoms with van der Waals surface area (Å²) in [7, 11) is 0. The van der Waals surface area contributed by atoms with Crippen molar-refractivity contribution in [1.82, 2.24) is 0 Å². The molecule has 74 valence electrons. The molecule has 0 nitrogen and oxygen atoms in total. The highest BCUT2D eigenvalue weighted by atomic mass is 79.9. The molecule has 0 aliphatic heterocycles. The zero-order valence-corrected chi connectivity index (χ0v) is 11.8. The molecule has 0 unspecified atom stereocenters. The Morgan fingerprint density at radius 3 is 2.79 bits per heavy atom. The minimum atomic E-state index is 0.937. The van der Waals surface area contributed by atoms with E-state index in [1.807, 2.05) is 11.3 Å². The first kappa shape index (κ1) is 10.7. The SMILES string of the molecule is CCc1cc(Br)c2scc(CBr)c2c1. The topological polar surface area (TPSA) is 0 Å². The smallest absolute Gasteiger partial charge is 0.0488 e. The van der Waals surface area contributed by atoms with E-state index in [-0.39, 0.29) is 0 Å². The zero-order valence-electron chi connectivity index (χ0n) is 7.81. The van der Waals surface area contributed by atoms with Crippen LogP contribution in [0.25, 0.3) is 10.1 Å². The molecule has 0 spiro atoms. The molecule has 1 aromatic carbocycles. The molecular formula is C11H10Br2S. The van der Waals surface area contributed by atoms with E-state index in [1.165, 1.54) is 25.7 Å². The molecule has 1 heterocycles. The molecular weight excluding hydrogens is 324 g/mol. The van der Waals surface area contributed by atoms with E-state index < -0.39 is 0 Å². The summed E-state index contributed by atoms with van der Waals surface area (Å²) in [5.74, 6) is 0. The predicted molar refractivity (Wildman–Crippen MR) is 71.5 cm³/mol. The normalized spacial score (nSPS) is 11.1. The van der Waals surface area contributed by atoms with Gasteiger partial charge in [0.25, 0.3) is 0 Å². The third-order valence-electron chi connectivity index (χ3n) is 2.32. The molecule has 0 atom stereocenters. The molecule has 0 radical (unpaired) electrons. The molecule has 2 rings (SSSR count). The fourth-order valence-electron chi connectivity index (χ4n) is 1.51. The highest BCUT2D eigenvalue weighted by Gasteiger charge is 2.07. The van der Waals surface area contributed by atoms with Crippen molar-refractivity contribution in [2.75, 3.05) is 0 Å². The lowest BCUT2D eigenvalue weighted by Gasteiger charge is -2.01. The average molecular weight is 334 g/mol. The van der Waals surface area contributed by atoms with Gasteiger partial charge in [-0.1, -0.05) is 22.9 Å². The molecule has 0 amide bonds. The van der Waals surface area contributed by atoms with Crippen LogP contribution in [-0.4, -0.2) is 0 Å². The number of hydrogen-bond acceptors (Lipinski definition) is 1. The Morgan fingerprint density at radius 2 is 2.14 bits per heavy atom. The number of benzene rings is 1. The number of alkyl halides is 1. The number of fused-ring (bicyclic) bond motifs is 1. The highest BCUT2D eigenvalue weighted by Crippen LogP contribution is 2.34. The molecule has 0 saturated carbocycles. The van der Waals surface area contributed by atoms with Crippen molar-refractivity contribution in [1.29, 1.82) is 0 Å². The summed E-state index contributed by atoms with van der Waals surface area (Å²) in [4.78, 5) is 0. The quantitative estimate of drug-likeness (QED) is 0.669. The summed E-state index contributed by atoms with van der Waals surface area (Å²) in [5, 5.41) is 4.55. The number of aryl methyl sites for hydroxylation is 1. The van der Waals surface area contributed by atoms with Crippen molar-refractivity contribution in [3.05, 3.63) is 33.1 Å². The second kappa shape index (κ2) is 4.33. The van der Waals surface area contributed by atoms with Gasteiger partial charge in [0.15, 0.2) is 0 Å². The summed E-state index contributed by atoms with van der Waals surface area (Å²) in [6.45, 7) is 2.19. The van der Waals surface area contributed by atoms with Crippen LogP contribution in [0.15, 0.2) is 22.0 Å². The van der Waals surface area contributed by atoms with Gasteiger partial charge in [0.1, 0.15) is 0 Å². The first-order chi connectivity index (χ1) is 6.76. The van der Waals surface area contributed by atoms with Gasteiger partial charge >= 0.3 is 0 Å². The largest absolute Gasteiger partial charge is 0.142 e. The summed E-state index contributed by atoms with van der Waals surface area (Å²) < 4.78 is 2.58. The van der Waals surface area contributed by atoms with E-state index >= 15 is 0 Å². The van der Waals surface area contributed by atoms with Crippen LogP contribution in [0.5, 0.6) is 0 Å². The Bertz CT molecular complexity index is 460. The second-order valence-corrected chi connectivity index (χ2v) is 5.50. The van der Waals surface area contributed by atoms with Gasteiger partial charge in [0.05, 0.1) is 0 Å². The summed E-state index contributed by atoms with van der Waals surface area (Å²) >= 11 is 8.95. The Hall–Kier alpha value is 0.140. The molecule has 1 aromatic heterocycles. The average Bonchev–Trinajstić information content (AvgIpc) is 2.61. The Morgan fingerprint density at radius 1 is 1.36 bits per heavy atom. The third-order valence-corrected chi connectivity index (χ3v) is 4.89. The van der Waals surface area contributed by atoms with Crippen LogP contribution in [0.3, 0.4) is 0 Å². The van der Waals surface area contributed by atoms with Gasteiger partial charge in [-0.25, -0.2) is 0 Å². The molecule has 0 bridgehead atoms. The van der Waals surface area contributed by atoms with Gasteiger partial charge < -0.3 is 0 Å². The van der Waals surface area contributed by atoms with Gasteiger partial charge in [-0.2, -0.15) is 0 Å². The van der Waals surface area contributed by atoms with E-state index in [0.29, 0.717) is 0 Å². The van der Waals surface area contributed by atoms with Crippen molar-refractivity contribution >= 4 is 53.3 Å². The number of hydrogen-bond donors (Lipinski definition) is 0. The Kier molecular flexibility index (Phi) is 3.30. The van der Waals surface area contributed by atoms with Crippen LogP contribution < -0.4 is 0 Å². The van der Waals surface area contributed by atoms with Crippen LogP contribution in [0.1, 0.15) is 18.1 Å². The van der Waals surface area contributed by atoms with E-state index in [9.17, 15) is 0 Å². The molecule has 3 heteroatoms. The Balaban J connectivity index is 2.73. The van der Waals surface area contributed by atoms with Crippen LogP contribution in [-0.2, 0) is 11.8 Å². The number of thiophene rings is 1. The predicted octanol–water partition coefficient (Wildman–Crippen LogP) is 5.12. The molecule has 0 aliphatic carbocycles. The van der Waals surface area contributed by atoms with Crippen LogP contribution in [0, 0.1) is 0 Å². The third kappa shape index (κ3) is 1.77. The van der Waals surface area contributed by atoms with E-state index in [1.54, 1.807) is 0 Å². The first-order valence-corrected chi connectivity index (χ1v) is 7.30. The molecule has 0 N–H and O–H groups in total. The van der Waals surface area contributed by atoms with Gasteiger partial charge in [-0.05, 0) is 56.4 Å². The van der Waals surface area contributed by atoms with Crippen LogP contribution in [0.4, 0.5) is 0 Å². The fraction of sp³-hybridized carbons (Fsp3) is 0.273. The maximum atomic E-state index is 3.63. The fourth-order valence-corrected chi connectivity index (χ4v) is 3.93. The standard InChI is InChI=1S/C11H10Br2S/c1-2-7-3-9-8(5-12)6-14-11(9)10(13)4-7/h3-4,6H,2,5H2,1H3. The molecule has 0 aliphatic rings. The molecule has 0 saturated heterocycles. The maximum Gasteiger partial charge on any atom is 0.0488 e. The minimum absolute atomic E-state index is 0.937. The van der Waals surface area contributed by atoms with Gasteiger partial charge in [0.2, 0.25) is 0 Å². The highest BCUT2D eigenvalue weighted by molar-refractivity contribution is 9.10. The van der Waals surface area contributed by atoms with E-state index in [2.05, 4.69) is 56.3 Å². The Labute approximate surface area is 105 Å². The van der Waals surface area contributed by atoms with Crippen LogP contribution >= 0.6 is 43.2 Å². The van der Waals surface area contributed by atoms with Crippen molar-refractivity contribution in [3.8, 4) is 0 Å². The monoisotopic (exact) mass is 332 g/mol. The van der Waals surface area contributed by atoms with E-state index in [4.69, 9.17) is 0 Å². The van der Waals surface area contributed by atoms with Gasteiger partial charge in [0, 0.05) is 14.5 Å². The van der Waals surface area contributed by atoms with Crippen molar-refractivity contribution < 1.29 is 0 Å². The molecule has 14 heavy (non-hydrogen) atoms. The lowest BCUT2D eigenvalue weighted by Crippen LogP contribution is -1.81. The summed E-state index contributed by atoms with van der Waals surface area (Å²) in [5.41, 5.74) is 2.78. The van der Waals surface area contributed by atoms with Gasteiger partial charge in [-0.3, -0.25) is 0 Å². The van der Waals surface area contributed by atoms with Gasteiger partial charge in [-0.15, -0.1) is 11.3 Å². The first-order valence-electron chi connectivity index (χ1n) is 4.50. The summed E-state index contributed by atoms with van der Waals surface area (Å²) in [6.07, 6.45) is 1.09. The van der Waals surface area contributed by atoms with E-state index in [0.717, 1.165) is 11.8 Å². The van der Waals surface area contributed by atoms with Crippen molar-refractivity contribution in [3.63, 3.8) is 0 Å². The molecule has 2 aromatic rings. The minimum Gasteiger partial charge on any atom is -0.142 e. The molecule has 0 fully saturated rings. The number of halogens is 2. The summed E-state index contributed by atoms with van der Waals surface area (Å²) in [6, 6.07) is 4.52. The zero-order chi connectivity index (χ0) is 10.1. The van der Waals surface area contributed by atoms with Crippen LogP contribution in [0.2, 0.25) is 0 Å². The number of rotatable bonds is 2. The second-order valence-electron chi connectivity index (χ2n) is 3.20. The lowest BCUT2D eigenvalue weighted by molar-refractivity contribution is 1.14. The van der Waals surface area contributed by atoms with Crippen molar-refractivity contribution in [2.24, 2.45) is 0 Å².